The smallest absolute Gasteiger partial charge is 0.360 e. The van der Waals surface area contributed by atoms with Gasteiger partial charge in [-0.25, -0.2) is 14.3 Å². The van der Waals surface area contributed by atoms with Gasteiger partial charge >= 0.3 is 12.0 Å². The summed E-state index contributed by atoms with van der Waals surface area (Å²) in [6.07, 6.45) is 4.98. The van der Waals surface area contributed by atoms with E-state index in [0.717, 1.165) is 12.8 Å². The molecule has 0 saturated carbocycles. The molecule has 1 aliphatic rings. The van der Waals surface area contributed by atoms with Crippen LogP contribution in [0.2, 0.25) is 0 Å². The number of furan rings is 1. The van der Waals surface area contributed by atoms with Gasteiger partial charge in [-0.1, -0.05) is 11.3 Å². The summed E-state index contributed by atoms with van der Waals surface area (Å²) in [6, 6.07) is 10.4. The van der Waals surface area contributed by atoms with Gasteiger partial charge in [-0.2, -0.15) is 0 Å². The molecule has 1 unspecified atom stereocenters. The van der Waals surface area contributed by atoms with E-state index in [0.29, 0.717) is 36.8 Å². The van der Waals surface area contributed by atoms with Gasteiger partial charge in [-0.15, -0.1) is 5.10 Å². The van der Waals surface area contributed by atoms with E-state index in [4.69, 9.17) is 9.15 Å². The van der Waals surface area contributed by atoms with Crippen LogP contribution in [0.1, 0.15) is 29.1 Å². The van der Waals surface area contributed by atoms with Gasteiger partial charge in [0.2, 0.25) is 0 Å². The molecule has 10 nitrogen and oxygen atoms in total. The van der Waals surface area contributed by atoms with Crippen molar-refractivity contribution < 1.29 is 23.5 Å². The van der Waals surface area contributed by atoms with Gasteiger partial charge in [-0.05, 0) is 43.2 Å². The highest BCUT2D eigenvalue weighted by Crippen LogP contribution is 2.18. The Morgan fingerprint density at radius 1 is 1.32 bits per heavy atom. The van der Waals surface area contributed by atoms with Crippen LogP contribution in [-0.4, -0.2) is 58.3 Å². The quantitative estimate of drug-likeness (QED) is 0.579. The third-order valence-corrected chi connectivity index (χ3v) is 4.91. The second-order valence-corrected chi connectivity index (χ2v) is 7.12. The Balaban J connectivity index is 1.48. The number of nitrogens with zero attached hydrogens (tertiary/aromatic N) is 4. The molecular formula is C21H23N5O5. The maximum Gasteiger partial charge on any atom is 0.360 e. The molecular weight excluding hydrogens is 402 g/mol. The van der Waals surface area contributed by atoms with Crippen molar-refractivity contribution in [3.63, 3.8) is 0 Å². The maximum absolute atomic E-state index is 13.0. The Kier molecular flexibility index (Phi) is 6.27. The van der Waals surface area contributed by atoms with E-state index in [-0.39, 0.29) is 17.8 Å². The van der Waals surface area contributed by atoms with E-state index in [1.54, 1.807) is 41.5 Å². The first-order valence-corrected chi connectivity index (χ1v) is 9.93. The van der Waals surface area contributed by atoms with E-state index >= 15 is 0 Å². The second kappa shape index (κ2) is 9.43. The lowest BCUT2D eigenvalue weighted by atomic mass is 10.2. The molecule has 3 heterocycles. The Labute approximate surface area is 178 Å². The number of esters is 1. The van der Waals surface area contributed by atoms with Crippen LogP contribution in [-0.2, 0) is 16.0 Å². The van der Waals surface area contributed by atoms with E-state index in [1.807, 2.05) is 6.07 Å². The molecule has 1 N–H and O–H groups in total. The molecule has 1 atom stereocenters. The van der Waals surface area contributed by atoms with Crippen LogP contribution >= 0.6 is 0 Å². The fourth-order valence-corrected chi connectivity index (χ4v) is 3.36. The number of nitrogens with one attached hydrogen (secondary N) is 1. The van der Waals surface area contributed by atoms with Gasteiger partial charge in [0.1, 0.15) is 5.76 Å². The first kappa shape index (κ1) is 20.6. The fourth-order valence-electron chi connectivity index (χ4n) is 3.36. The van der Waals surface area contributed by atoms with E-state index in [1.165, 1.54) is 18.0 Å². The summed E-state index contributed by atoms with van der Waals surface area (Å²) in [5.41, 5.74) is 1.31. The molecule has 2 aromatic heterocycles. The predicted molar refractivity (Wildman–Crippen MR) is 110 cm³/mol. The van der Waals surface area contributed by atoms with Gasteiger partial charge in [-0.3, -0.25) is 0 Å². The fraction of sp³-hybridized carbons (Fsp3) is 0.333. The highest BCUT2D eigenvalue weighted by Gasteiger charge is 2.24. The summed E-state index contributed by atoms with van der Waals surface area (Å²) < 4.78 is 17.2. The zero-order valence-electron chi connectivity index (χ0n) is 17.1. The van der Waals surface area contributed by atoms with Crippen LogP contribution in [0.3, 0.4) is 0 Å². The number of hydrogen-bond donors (Lipinski definition) is 1. The third-order valence-electron chi connectivity index (χ3n) is 4.91. The molecule has 162 valence electrons. The average molecular weight is 425 g/mol. The minimum atomic E-state index is -0.571. The topological polar surface area (TPSA) is 112 Å². The number of anilines is 1. The number of hydrogen-bond acceptors (Lipinski definition) is 7. The van der Waals surface area contributed by atoms with Crippen LogP contribution in [0.15, 0.2) is 53.3 Å². The number of carbonyl (C=O) groups excluding carboxylic acids is 2. The van der Waals surface area contributed by atoms with Gasteiger partial charge < -0.3 is 24.1 Å². The minimum absolute atomic E-state index is 0.0129. The Morgan fingerprint density at radius 3 is 2.97 bits per heavy atom. The van der Waals surface area contributed by atoms with Crippen LogP contribution in [0.5, 0.6) is 0 Å². The number of rotatable bonds is 7. The van der Waals surface area contributed by atoms with Crippen molar-refractivity contribution in [2.24, 2.45) is 0 Å². The minimum Gasteiger partial charge on any atom is -0.467 e. The lowest BCUT2D eigenvalue weighted by Crippen LogP contribution is -2.39. The summed E-state index contributed by atoms with van der Waals surface area (Å²) in [4.78, 5) is 26.3. The van der Waals surface area contributed by atoms with Crippen molar-refractivity contribution in [3.8, 4) is 5.69 Å². The highest BCUT2D eigenvalue weighted by atomic mass is 16.5. The van der Waals surface area contributed by atoms with Crippen molar-refractivity contribution in [3.05, 3.63) is 60.3 Å². The van der Waals surface area contributed by atoms with E-state index in [9.17, 15) is 9.59 Å². The lowest BCUT2D eigenvalue weighted by molar-refractivity contribution is 0.0594. The lowest BCUT2D eigenvalue weighted by Gasteiger charge is -2.25. The highest BCUT2D eigenvalue weighted by molar-refractivity contribution is 5.89. The number of amides is 2. The summed E-state index contributed by atoms with van der Waals surface area (Å²) >= 11 is 0. The number of benzene rings is 1. The van der Waals surface area contributed by atoms with Gasteiger partial charge in [0.15, 0.2) is 5.69 Å². The monoisotopic (exact) mass is 425 g/mol. The standard InChI is InChI=1S/C21H23N5O5/c1-29-20(27)19-14-26(24-23-19)16-6-2-5-15(11-16)22-21(28)25(12-17-7-3-9-30-17)13-18-8-4-10-31-18/h2-3,5-7,9,11,14,18H,4,8,10,12-13H2,1H3,(H,22,28). The maximum atomic E-state index is 13.0. The summed E-state index contributed by atoms with van der Waals surface area (Å²) in [5.74, 6) is 0.123. The van der Waals surface area contributed by atoms with Gasteiger partial charge in [0.25, 0.3) is 0 Å². The Bertz CT molecular complexity index is 1030. The van der Waals surface area contributed by atoms with Crippen LogP contribution in [0.25, 0.3) is 5.69 Å². The first-order valence-electron chi connectivity index (χ1n) is 9.93. The Morgan fingerprint density at radius 2 is 2.23 bits per heavy atom. The van der Waals surface area contributed by atoms with E-state index < -0.39 is 5.97 Å². The largest absolute Gasteiger partial charge is 0.467 e. The number of urea groups is 1. The molecule has 2 amide bonds. The molecule has 1 aromatic carbocycles. The molecule has 1 saturated heterocycles. The van der Waals surface area contributed by atoms with Crippen molar-refractivity contribution in [1.82, 2.24) is 19.9 Å². The molecule has 4 rings (SSSR count). The molecule has 1 aliphatic heterocycles. The zero-order valence-corrected chi connectivity index (χ0v) is 17.1. The molecule has 31 heavy (non-hydrogen) atoms. The zero-order chi connectivity index (χ0) is 21.6. The molecule has 0 aliphatic carbocycles. The Hall–Kier alpha value is -3.66. The molecule has 3 aromatic rings. The number of ether oxygens (including phenoxy) is 2. The van der Waals surface area contributed by atoms with Crippen molar-refractivity contribution in [1.29, 1.82) is 0 Å². The molecule has 0 spiro atoms. The second-order valence-electron chi connectivity index (χ2n) is 7.12. The van der Waals surface area contributed by atoms with Gasteiger partial charge in [0, 0.05) is 18.8 Å². The van der Waals surface area contributed by atoms with Crippen LogP contribution in [0, 0.1) is 0 Å². The summed E-state index contributed by atoms with van der Waals surface area (Å²) in [7, 11) is 1.28. The number of methoxy groups -OCH3 is 1. The normalized spacial score (nSPS) is 15.6. The predicted octanol–water partition coefficient (Wildman–Crippen LogP) is 2.86. The van der Waals surface area contributed by atoms with Crippen molar-refractivity contribution in [2.75, 3.05) is 25.6 Å². The van der Waals surface area contributed by atoms with E-state index in [2.05, 4.69) is 20.4 Å². The van der Waals surface area contributed by atoms with Gasteiger partial charge in [0.05, 0.1) is 37.9 Å². The van der Waals surface area contributed by atoms with Crippen molar-refractivity contribution in [2.45, 2.75) is 25.5 Å². The number of aromatic nitrogens is 3. The van der Waals surface area contributed by atoms with Crippen LogP contribution < -0.4 is 5.32 Å². The molecule has 0 bridgehead atoms. The third kappa shape index (κ3) is 5.10. The average Bonchev–Trinajstić information content (AvgIpc) is 3.55. The first-order chi connectivity index (χ1) is 15.1. The number of carbonyl (C=O) groups is 2. The molecule has 0 radical (unpaired) electrons. The van der Waals surface area contributed by atoms with Crippen molar-refractivity contribution >= 4 is 17.7 Å². The summed E-state index contributed by atoms with van der Waals surface area (Å²) in [6.45, 7) is 1.52. The summed E-state index contributed by atoms with van der Waals surface area (Å²) in [5, 5.41) is 10.7. The SMILES string of the molecule is COC(=O)c1cn(-c2cccc(NC(=O)N(Cc3ccco3)CC3CCCO3)c2)nn1. The van der Waals surface area contributed by atoms with Crippen LogP contribution in [0.4, 0.5) is 10.5 Å². The molecule has 1 fully saturated rings. The molecule has 10 heteroatoms.